The van der Waals surface area contributed by atoms with E-state index in [9.17, 15) is 14.7 Å². The van der Waals surface area contributed by atoms with Crippen LogP contribution in [0.25, 0.3) is 11.2 Å². The van der Waals surface area contributed by atoms with Crippen molar-refractivity contribution in [2.75, 3.05) is 0 Å². The summed E-state index contributed by atoms with van der Waals surface area (Å²) in [4.78, 5) is 33.9. The lowest BCUT2D eigenvalue weighted by Crippen LogP contribution is -2.28. The number of benzene rings is 1. The summed E-state index contributed by atoms with van der Waals surface area (Å²) < 4.78 is 5.82. The van der Waals surface area contributed by atoms with Crippen LogP contribution in [0.4, 0.5) is 0 Å². The normalized spacial score (nSPS) is 16.0. The number of nitrogens with one attached hydrogen (secondary N) is 2. The average Bonchev–Trinajstić information content (AvgIpc) is 3.05. The smallest absolute Gasteiger partial charge is 0.339 e. The molecule has 1 atom stereocenters. The number of ether oxygens (including phenoxy) is 1. The molecule has 1 aliphatic rings. The van der Waals surface area contributed by atoms with Crippen LogP contribution in [0.15, 0.2) is 30.6 Å². The van der Waals surface area contributed by atoms with Crippen molar-refractivity contribution in [1.29, 1.82) is 0 Å². The zero-order valence-corrected chi connectivity index (χ0v) is 14.7. The number of carboxylic acids is 1. The topological polar surface area (TPSA) is 117 Å². The number of carbonyl (C=O) groups excluding carboxylic acids is 1. The van der Waals surface area contributed by atoms with Crippen molar-refractivity contribution in [2.24, 2.45) is 0 Å². The lowest BCUT2D eigenvalue weighted by atomic mass is 9.87. The van der Waals surface area contributed by atoms with E-state index < -0.39 is 5.97 Å². The van der Waals surface area contributed by atoms with Gasteiger partial charge >= 0.3 is 5.97 Å². The first-order valence-electron chi connectivity index (χ1n) is 8.66. The van der Waals surface area contributed by atoms with E-state index in [1.165, 1.54) is 24.9 Å². The summed E-state index contributed by atoms with van der Waals surface area (Å²) in [6.45, 7) is 1.51. The molecule has 0 bridgehead atoms. The molecule has 1 amide bonds. The maximum atomic E-state index is 11.5. The van der Waals surface area contributed by atoms with Crippen LogP contribution in [-0.2, 0) is 11.2 Å². The molecule has 8 heteroatoms. The number of carbonyl (C=O) groups is 2. The summed E-state index contributed by atoms with van der Waals surface area (Å²) in [6.07, 6.45) is 5.66. The average molecular weight is 366 g/mol. The minimum absolute atomic E-state index is 0.0355. The fourth-order valence-electron chi connectivity index (χ4n) is 3.44. The van der Waals surface area contributed by atoms with Crippen LogP contribution in [0.3, 0.4) is 0 Å². The Balaban J connectivity index is 1.65. The Morgan fingerprint density at radius 1 is 1.37 bits per heavy atom. The maximum absolute atomic E-state index is 11.5. The predicted octanol–water partition coefficient (Wildman–Crippen LogP) is 2.96. The summed E-state index contributed by atoms with van der Waals surface area (Å²) in [5.74, 6) is -0.382. The summed E-state index contributed by atoms with van der Waals surface area (Å²) in [6, 6.07) is 5.70. The van der Waals surface area contributed by atoms with Gasteiger partial charge in [-0.05, 0) is 42.5 Å². The molecule has 4 rings (SSSR count). The molecule has 2 heterocycles. The molecule has 8 nitrogen and oxygen atoms in total. The summed E-state index contributed by atoms with van der Waals surface area (Å²) >= 11 is 0. The summed E-state index contributed by atoms with van der Waals surface area (Å²) in [5, 5.41) is 12.2. The van der Waals surface area contributed by atoms with Gasteiger partial charge in [0.05, 0.1) is 12.2 Å². The first-order chi connectivity index (χ1) is 13.0. The van der Waals surface area contributed by atoms with Crippen LogP contribution in [-0.4, -0.2) is 31.9 Å². The van der Waals surface area contributed by atoms with E-state index in [2.05, 4.69) is 20.3 Å². The van der Waals surface area contributed by atoms with Gasteiger partial charge in [0.15, 0.2) is 5.65 Å². The van der Waals surface area contributed by atoms with Gasteiger partial charge in [0, 0.05) is 13.1 Å². The molecular weight excluding hydrogens is 348 g/mol. The third-order valence-corrected chi connectivity index (χ3v) is 4.62. The molecule has 3 N–H and O–H groups in total. The van der Waals surface area contributed by atoms with Crippen molar-refractivity contribution in [3.63, 3.8) is 0 Å². The maximum Gasteiger partial charge on any atom is 0.339 e. The third kappa shape index (κ3) is 3.33. The number of fused-ring (bicyclic) bond motifs is 2. The second kappa shape index (κ2) is 6.71. The molecule has 0 unspecified atom stereocenters. The van der Waals surface area contributed by atoms with Crippen molar-refractivity contribution in [3.05, 3.63) is 47.3 Å². The Hall–Kier alpha value is -3.42. The largest absolute Gasteiger partial charge is 0.478 e. The summed E-state index contributed by atoms with van der Waals surface area (Å²) in [5.41, 5.74) is 2.90. The fraction of sp³-hybridized carbons (Fsp3) is 0.263. The molecule has 0 aliphatic heterocycles. The van der Waals surface area contributed by atoms with E-state index in [1.807, 2.05) is 18.2 Å². The Labute approximate surface area is 154 Å². The van der Waals surface area contributed by atoms with E-state index in [0.29, 0.717) is 11.4 Å². The van der Waals surface area contributed by atoms with Gasteiger partial charge in [0.2, 0.25) is 11.8 Å². The van der Waals surface area contributed by atoms with Gasteiger partial charge in [-0.2, -0.15) is 0 Å². The van der Waals surface area contributed by atoms with Gasteiger partial charge in [-0.3, -0.25) is 4.79 Å². The lowest BCUT2D eigenvalue weighted by molar-refractivity contribution is -0.119. The zero-order valence-electron chi connectivity index (χ0n) is 14.7. The highest BCUT2D eigenvalue weighted by Crippen LogP contribution is 2.33. The summed E-state index contributed by atoms with van der Waals surface area (Å²) in [7, 11) is 0. The van der Waals surface area contributed by atoms with Crippen molar-refractivity contribution in [3.8, 4) is 11.6 Å². The van der Waals surface area contributed by atoms with Gasteiger partial charge in [-0.15, -0.1) is 0 Å². The van der Waals surface area contributed by atoms with Crippen LogP contribution in [0.5, 0.6) is 11.6 Å². The van der Waals surface area contributed by atoms with Crippen molar-refractivity contribution >= 4 is 23.0 Å². The highest BCUT2D eigenvalue weighted by Gasteiger charge is 2.22. The number of nitrogens with zero attached hydrogens (tertiary/aromatic N) is 2. The minimum Gasteiger partial charge on any atom is -0.478 e. The molecule has 138 valence electrons. The minimum atomic E-state index is -1.08. The van der Waals surface area contributed by atoms with Gasteiger partial charge in [-0.25, -0.2) is 14.8 Å². The molecule has 1 aromatic carbocycles. The molecule has 27 heavy (non-hydrogen) atoms. The monoisotopic (exact) mass is 366 g/mol. The Morgan fingerprint density at radius 3 is 3.00 bits per heavy atom. The number of hydrogen-bond donors (Lipinski definition) is 3. The Bertz CT molecular complexity index is 1040. The lowest BCUT2D eigenvalue weighted by Gasteiger charge is -2.26. The number of amides is 1. The van der Waals surface area contributed by atoms with Gasteiger partial charge < -0.3 is 20.1 Å². The van der Waals surface area contributed by atoms with Crippen LogP contribution < -0.4 is 10.1 Å². The number of hydrogen-bond acceptors (Lipinski definition) is 5. The van der Waals surface area contributed by atoms with Crippen LogP contribution in [0.2, 0.25) is 0 Å². The zero-order chi connectivity index (χ0) is 19.0. The van der Waals surface area contributed by atoms with E-state index >= 15 is 0 Å². The number of H-pyrrole nitrogens is 1. The Kier molecular flexibility index (Phi) is 4.23. The van der Waals surface area contributed by atoms with Crippen LogP contribution >= 0.6 is 0 Å². The quantitative estimate of drug-likeness (QED) is 0.653. The predicted molar refractivity (Wildman–Crippen MR) is 96.9 cm³/mol. The van der Waals surface area contributed by atoms with Gasteiger partial charge in [0.25, 0.3) is 0 Å². The van der Waals surface area contributed by atoms with Crippen LogP contribution in [0.1, 0.15) is 47.3 Å². The molecule has 2 aromatic heterocycles. The second-order valence-electron chi connectivity index (χ2n) is 6.52. The molecule has 3 aromatic rings. The van der Waals surface area contributed by atoms with Crippen LogP contribution in [0, 0.1) is 0 Å². The number of aryl methyl sites for hydroxylation is 1. The molecule has 0 fully saturated rings. The van der Waals surface area contributed by atoms with E-state index in [4.69, 9.17) is 4.74 Å². The molecular formula is C19H18N4O4. The highest BCUT2D eigenvalue weighted by molar-refractivity contribution is 6.00. The first-order valence-corrected chi connectivity index (χ1v) is 8.66. The van der Waals surface area contributed by atoms with E-state index in [-0.39, 0.29) is 28.9 Å². The fourth-order valence-corrected chi connectivity index (χ4v) is 3.44. The highest BCUT2D eigenvalue weighted by atomic mass is 16.5. The van der Waals surface area contributed by atoms with Gasteiger partial charge in [0.1, 0.15) is 16.8 Å². The molecule has 0 saturated heterocycles. The van der Waals surface area contributed by atoms with Crippen molar-refractivity contribution in [1.82, 2.24) is 20.3 Å². The molecule has 1 aliphatic carbocycles. The van der Waals surface area contributed by atoms with Crippen molar-refractivity contribution in [2.45, 2.75) is 32.2 Å². The van der Waals surface area contributed by atoms with E-state index in [1.54, 1.807) is 0 Å². The van der Waals surface area contributed by atoms with Gasteiger partial charge in [-0.1, -0.05) is 6.07 Å². The molecule has 0 spiro atoms. The van der Waals surface area contributed by atoms with E-state index in [0.717, 1.165) is 24.8 Å². The number of carboxylic acid groups (broad SMARTS) is 1. The first kappa shape index (κ1) is 17.0. The van der Waals surface area contributed by atoms with Crippen molar-refractivity contribution < 1.29 is 19.4 Å². The molecule has 0 saturated carbocycles. The Morgan fingerprint density at radius 2 is 2.22 bits per heavy atom. The standard InChI is InChI=1S/C19H18N4O4/c1-10(24)22-15-4-2-3-11-5-6-12(7-13(11)15)27-16-9-21-18-17(23-16)14(8-20-18)19(25)26/h5-9,15H,2-4H2,1H3,(H,20,21)(H,22,24)(H,25,26)/t15-/m1/s1. The number of aromatic amines is 1. The second-order valence-corrected chi connectivity index (χ2v) is 6.52. The SMILES string of the molecule is CC(=O)N[C@@H]1CCCc2ccc(Oc3cnc4[nH]cc(C(=O)O)c4n3)cc21. The third-order valence-electron chi connectivity index (χ3n) is 4.62. The number of aromatic nitrogens is 3. The molecule has 0 radical (unpaired) electrons. The number of rotatable bonds is 4. The number of aromatic carboxylic acids is 1.